The molecule has 1 aliphatic rings. The van der Waals surface area contributed by atoms with Crippen molar-refractivity contribution in [2.45, 2.75) is 44.4 Å². The first-order chi connectivity index (χ1) is 8.38. The molecule has 0 aliphatic carbocycles. The Hall–Kier alpha value is 0.180. The van der Waals surface area contributed by atoms with Crippen LogP contribution in [-0.4, -0.2) is 50.0 Å². The summed E-state index contributed by atoms with van der Waals surface area (Å²) in [4.78, 5) is 2.39. The van der Waals surface area contributed by atoms with Gasteiger partial charge >= 0.3 is 0 Å². The normalized spacial score (nSPS) is 22.6. The molecule has 0 saturated carbocycles. The molecule has 0 aromatic heterocycles. The van der Waals surface area contributed by atoms with Crippen LogP contribution in [0.25, 0.3) is 0 Å². The quantitative estimate of drug-likeness (QED) is 0.727. The van der Waals surface area contributed by atoms with E-state index in [1.54, 1.807) is 0 Å². The molecule has 0 bridgehead atoms. The van der Waals surface area contributed by atoms with E-state index in [1.165, 1.54) is 12.8 Å². The van der Waals surface area contributed by atoms with Gasteiger partial charge in [-0.2, -0.15) is 20.2 Å². The number of piperidine rings is 1. The Morgan fingerprint density at radius 2 is 2.17 bits per heavy atom. The number of hydrogen-bond acceptors (Lipinski definition) is 4. The Morgan fingerprint density at radius 1 is 1.44 bits per heavy atom. The lowest BCUT2D eigenvalue weighted by atomic mass is 10.0. The summed E-state index contributed by atoms with van der Waals surface area (Å²) in [6, 6.07) is 0.296. The van der Waals surface area contributed by atoms with E-state index in [0.29, 0.717) is 17.8 Å². The van der Waals surface area contributed by atoms with Gasteiger partial charge in [0.2, 0.25) is 0 Å². The molecule has 0 radical (unpaired) electrons. The van der Waals surface area contributed by atoms with Crippen LogP contribution < -0.4 is 9.86 Å². The van der Waals surface area contributed by atoms with E-state index >= 15 is 0 Å². The number of thioether (sulfide) groups is 1. The molecule has 0 aromatic rings. The van der Waals surface area contributed by atoms with Gasteiger partial charge in [-0.15, -0.1) is 0 Å². The van der Waals surface area contributed by atoms with Gasteiger partial charge in [0.25, 0.3) is 10.2 Å². The maximum atomic E-state index is 10.9. The van der Waals surface area contributed by atoms with Crippen molar-refractivity contribution >= 4 is 22.0 Å². The van der Waals surface area contributed by atoms with Gasteiger partial charge in [0.1, 0.15) is 0 Å². The third kappa shape index (κ3) is 6.94. The molecule has 1 atom stereocenters. The summed E-state index contributed by atoms with van der Waals surface area (Å²) >= 11 is 1.95. The van der Waals surface area contributed by atoms with Crippen LogP contribution in [-0.2, 0) is 10.2 Å². The Kier molecular flexibility index (Phi) is 6.94. The minimum absolute atomic E-state index is 0.296. The molecule has 0 aromatic carbocycles. The van der Waals surface area contributed by atoms with Crippen molar-refractivity contribution in [2.24, 2.45) is 5.14 Å². The van der Waals surface area contributed by atoms with Crippen LogP contribution in [0.15, 0.2) is 0 Å². The summed E-state index contributed by atoms with van der Waals surface area (Å²) in [5.41, 5.74) is 0. The smallest absolute Gasteiger partial charge is 0.274 e. The van der Waals surface area contributed by atoms with Gasteiger partial charge in [-0.25, -0.2) is 9.86 Å². The SMILES string of the molecule is CC(C)SCCN1CCCC[C@H]1CNS(N)(=O)=O. The van der Waals surface area contributed by atoms with E-state index in [1.807, 2.05) is 11.8 Å². The van der Waals surface area contributed by atoms with Crippen molar-refractivity contribution in [1.29, 1.82) is 0 Å². The number of likely N-dealkylation sites (tertiary alicyclic amines) is 1. The van der Waals surface area contributed by atoms with Crippen LogP contribution in [0.4, 0.5) is 0 Å². The summed E-state index contributed by atoms with van der Waals surface area (Å²) in [5, 5.41) is 5.63. The lowest BCUT2D eigenvalue weighted by molar-refractivity contribution is 0.159. The zero-order valence-corrected chi connectivity index (χ0v) is 12.9. The van der Waals surface area contributed by atoms with Crippen molar-refractivity contribution in [3.05, 3.63) is 0 Å². The maximum absolute atomic E-state index is 10.9. The monoisotopic (exact) mass is 295 g/mol. The molecule has 18 heavy (non-hydrogen) atoms. The lowest BCUT2D eigenvalue weighted by Crippen LogP contribution is -2.48. The van der Waals surface area contributed by atoms with E-state index < -0.39 is 10.2 Å². The fourth-order valence-corrected chi connectivity index (χ4v) is 3.44. The third-order valence-corrected chi connectivity index (χ3v) is 4.75. The van der Waals surface area contributed by atoms with E-state index in [4.69, 9.17) is 5.14 Å². The van der Waals surface area contributed by atoms with E-state index in [2.05, 4.69) is 23.5 Å². The molecule has 1 heterocycles. The summed E-state index contributed by atoms with van der Waals surface area (Å²) in [6.45, 7) is 6.92. The fraction of sp³-hybridized carbons (Fsp3) is 1.00. The van der Waals surface area contributed by atoms with Crippen LogP contribution >= 0.6 is 11.8 Å². The highest BCUT2D eigenvalue weighted by atomic mass is 32.2. The third-order valence-electron chi connectivity index (χ3n) is 3.10. The van der Waals surface area contributed by atoms with Gasteiger partial charge in [-0.3, -0.25) is 4.90 Å². The van der Waals surface area contributed by atoms with Crippen LogP contribution in [0, 0.1) is 0 Å². The summed E-state index contributed by atoms with van der Waals surface area (Å²) in [6.07, 6.45) is 3.43. The van der Waals surface area contributed by atoms with Crippen LogP contribution in [0.1, 0.15) is 33.1 Å². The zero-order chi connectivity index (χ0) is 13.6. The standard InChI is InChI=1S/C11H25N3O2S2/c1-10(2)17-8-7-14-6-4-3-5-11(14)9-13-18(12,15)16/h10-11,13H,3-9H2,1-2H3,(H2,12,15,16)/t11-/m0/s1. The molecule has 1 fully saturated rings. The van der Waals surface area contributed by atoms with Gasteiger partial charge in [0.05, 0.1) is 0 Å². The zero-order valence-electron chi connectivity index (χ0n) is 11.3. The number of rotatable bonds is 7. The molecule has 7 heteroatoms. The van der Waals surface area contributed by atoms with Crippen molar-refractivity contribution in [2.75, 3.05) is 25.4 Å². The van der Waals surface area contributed by atoms with Gasteiger partial charge in [-0.05, 0) is 24.6 Å². The average Bonchev–Trinajstić information content (AvgIpc) is 2.26. The first kappa shape index (κ1) is 16.2. The van der Waals surface area contributed by atoms with Crippen molar-refractivity contribution in [3.63, 3.8) is 0 Å². The van der Waals surface area contributed by atoms with E-state index in [9.17, 15) is 8.42 Å². The Bertz CT molecular complexity index is 333. The first-order valence-electron chi connectivity index (χ1n) is 6.51. The molecule has 3 N–H and O–H groups in total. The van der Waals surface area contributed by atoms with Crippen LogP contribution in [0.5, 0.6) is 0 Å². The van der Waals surface area contributed by atoms with E-state index in [-0.39, 0.29) is 0 Å². The Labute approximate surface area is 115 Å². The molecular weight excluding hydrogens is 270 g/mol. The molecule has 5 nitrogen and oxygen atoms in total. The molecular formula is C11H25N3O2S2. The second kappa shape index (κ2) is 7.69. The van der Waals surface area contributed by atoms with E-state index in [0.717, 1.165) is 25.3 Å². The highest BCUT2D eigenvalue weighted by Crippen LogP contribution is 2.18. The molecule has 1 saturated heterocycles. The maximum Gasteiger partial charge on any atom is 0.274 e. The summed E-state index contributed by atoms with van der Waals surface area (Å²) in [7, 11) is -3.56. The second-order valence-electron chi connectivity index (χ2n) is 5.00. The number of nitrogens with two attached hydrogens (primary N) is 1. The van der Waals surface area contributed by atoms with Gasteiger partial charge < -0.3 is 0 Å². The minimum Gasteiger partial charge on any atom is -0.298 e. The fourth-order valence-electron chi connectivity index (χ4n) is 2.20. The number of nitrogens with zero attached hydrogens (tertiary/aromatic N) is 1. The average molecular weight is 295 g/mol. The second-order valence-corrected chi connectivity index (χ2v) is 8.06. The number of nitrogens with one attached hydrogen (secondary N) is 1. The number of hydrogen-bond donors (Lipinski definition) is 2. The van der Waals surface area contributed by atoms with Crippen molar-refractivity contribution < 1.29 is 8.42 Å². The van der Waals surface area contributed by atoms with Crippen molar-refractivity contribution in [3.8, 4) is 0 Å². The van der Waals surface area contributed by atoms with Crippen molar-refractivity contribution in [1.82, 2.24) is 9.62 Å². The largest absolute Gasteiger partial charge is 0.298 e. The molecule has 0 amide bonds. The predicted molar refractivity (Wildman–Crippen MR) is 77.9 cm³/mol. The molecule has 108 valence electrons. The van der Waals surface area contributed by atoms with Gasteiger partial charge in [-0.1, -0.05) is 20.3 Å². The Morgan fingerprint density at radius 3 is 2.78 bits per heavy atom. The molecule has 0 unspecified atom stereocenters. The van der Waals surface area contributed by atoms with Crippen LogP contribution in [0.3, 0.4) is 0 Å². The highest BCUT2D eigenvalue weighted by molar-refractivity contribution is 7.99. The molecule has 1 rings (SSSR count). The predicted octanol–water partition coefficient (Wildman–Crippen LogP) is 0.776. The minimum atomic E-state index is -3.56. The summed E-state index contributed by atoms with van der Waals surface area (Å²) in [5.74, 6) is 1.10. The molecule has 0 spiro atoms. The highest BCUT2D eigenvalue weighted by Gasteiger charge is 2.22. The van der Waals surface area contributed by atoms with Gasteiger partial charge in [0, 0.05) is 24.9 Å². The lowest BCUT2D eigenvalue weighted by Gasteiger charge is -2.35. The Balaban J connectivity index is 2.37. The van der Waals surface area contributed by atoms with Gasteiger partial charge in [0.15, 0.2) is 0 Å². The molecule has 1 aliphatic heterocycles. The summed E-state index contributed by atoms with van der Waals surface area (Å²) < 4.78 is 24.3. The van der Waals surface area contributed by atoms with Crippen LogP contribution in [0.2, 0.25) is 0 Å². The topological polar surface area (TPSA) is 75.4 Å². The first-order valence-corrected chi connectivity index (χ1v) is 9.11.